The van der Waals surface area contributed by atoms with Gasteiger partial charge < -0.3 is 10.1 Å². The standard InChI is InChI=1S/C15H10BrF2NO3/c16-9-1-4-11(5-2-9)19-14(20)8-22-15(21)12-6-3-10(17)7-13(12)18/h1-7H,8H2,(H,19,20). The normalized spacial score (nSPS) is 10.1. The van der Waals surface area contributed by atoms with Crippen LogP contribution in [0.1, 0.15) is 10.4 Å². The van der Waals surface area contributed by atoms with Crippen molar-refractivity contribution in [3.63, 3.8) is 0 Å². The van der Waals surface area contributed by atoms with Crippen LogP contribution in [0.3, 0.4) is 0 Å². The first-order chi connectivity index (χ1) is 10.5. The zero-order chi connectivity index (χ0) is 16.1. The number of amides is 1. The second-order valence-corrected chi connectivity index (χ2v) is 5.17. The molecule has 0 unspecified atom stereocenters. The van der Waals surface area contributed by atoms with Gasteiger partial charge in [0.25, 0.3) is 5.91 Å². The van der Waals surface area contributed by atoms with Crippen LogP contribution >= 0.6 is 15.9 Å². The highest BCUT2D eigenvalue weighted by molar-refractivity contribution is 9.10. The lowest BCUT2D eigenvalue weighted by Crippen LogP contribution is -2.21. The molecule has 0 aliphatic heterocycles. The number of nitrogens with one attached hydrogen (secondary N) is 1. The molecule has 22 heavy (non-hydrogen) atoms. The Balaban J connectivity index is 1.90. The molecule has 0 radical (unpaired) electrons. The van der Waals surface area contributed by atoms with Crippen molar-refractivity contribution < 1.29 is 23.1 Å². The Morgan fingerprint density at radius 2 is 1.77 bits per heavy atom. The van der Waals surface area contributed by atoms with Gasteiger partial charge in [0.15, 0.2) is 6.61 Å². The van der Waals surface area contributed by atoms with Gasteiger partial charge >= 0.3 is 5.97 Å². The molecule has 0 saturated carbocycles. The van der Waals surface area contributed by atoms with Crippen molar-refractivity contribution in [1.29, 1.82) is 0 Å². The van der Waals surface area contributed by atoms with Gasteiger partial charge in [-0.1, -0.05) is 15.9 Å². The average molecular weight is 370 g/mol. The summed E-state index contributed by atoms with van der Waals surface area (Å²) < 4.78 is 31.6. The quantitative estimate of drug-likeness (QED) is 0.838. The minimum atomic E-state index is -1.04. The highest BCUT2D eigenvalue weighted by atomic mass is 79.9. The Labute approximate surface area is 133 Å². The van der Waals surface area contributed by atoms with Crippen LogP contribution in [0.2, 0.25) is 0 Å². The van der Waals surface area contributed by atoms with E-state index in [2.05, 4.69) is 26.0 Å². The molecule has 7 heteroatoms. The van der Waals surface area contributed by atoms with E-state index < -0.39 is 35.7 Å². The first-order valence-corrected chi connectivity index (χ1v) is 6.92. The Hall–Kier alpha value is -2.28. The first-order valence-electron chi connectivity index (χ1n) is 6.13. The van der Waals surface area contributed by atoms with Gasteiger partial charge in [-0.2, -0.15) is 0 Å². The Bertz CT molecular complexity index is 704. The van der Waals surface area contributed by atoms with E-state index in [0.717, 1.165) is 16.6 Å². The van der Waals surface area contributed by atoms with Crippen molar-refractivity contribution in [2.75, 3.05) is 11.9 Å². The molecule has 2 aromatic rings. The molecule has 0 spiro atoms. The number of carbonyl (C=O) groups is 2. The monoisotopic (exact) mass is 369 g/mol. The van der Waals surface area contributed by atoms with Gasteiger partial charge in [-0.3, -0.25) is 4.79 Å². The molecule has 0 atom stereocenters. The van der Waals surface area contributed by atoms with E-state index in [4.69, 9.17) is 0 Å². The third kappa shape index (κ3) is 4.36. The number of benzene rings is 2. The number of ether oxygens (including phenoxy) is 1. The summed E-state index contributed by atoms with van der Waals surface area (Å²) >= 11 is 3.25. The van der Waals surface area contributed by atoms with Crippen molar-refractivity contribution >= 4 is 33.5 Å². The van der Waals surface area contributed by atoms with Gasteiger partial charge in [0.1, 0.15) is 11.6 Å². The topological polar surface area (TPSA) is 55.4 Å². The molecule has 0 aliphatic rings. The molecule has 0 fully saturated rings. The molecule has 4 nitrogen and oxygen atoms in total. The van der Waals surface area contributed by atoms with Crippen molar-refractivity contribution in [3.8, 4) is 0 Å². The van der Waals surface area contributed by atoms with Gasteiger partial charge in [-0.15, -0.1) is 0 Å². The summed E-state index contributed by atoms with van der Waals surface area (Å²) in [6.07, 6.45) is 0. The van der Waals surface area contributed by atoms with E-state index in [1.807, 2.05) is 0 Å². The Morgan fingerprint density at radius 3 is 2.41 bits per heavy atom. The number of hydrogen-bond donors (Lipinski definition) is 1. The van der Waals surface area contributed by atoms with Gasteiger partial charge in [0, 0.05) is 16.2 Å². The van der Waals surface area contributed by atoms with Gasteiger partial charge in [-0.05, 0) is 36.4 Å². The maximum Gasteiger partial charge on any atom is 0.341 e. The lowest BCUT2D eigenvalue weighted by Gasteiger charge is -2.07. The minimum absolute atomic E-state index is 0.433. The van der Waals surface area contributed by atoms with Crippen LogP contribution in [0.5, 0.6) is 0 Å². The van der Waals surface area contributed by atoms with Crippen molar-refractivity contribution in [1.82, 2.24) is 0 Å². The fourth-order valence-corrected chi connectivity index (χ4v) is 1.86. The van der Waals surface area contributed by atoms with Crippen LogP contribution in [0.4, 0.5) is 14.5 Å². The zero-order valence-corrected chi connectivity index (χ0v) is 12.7. The smallest absolute Gasteiger partial charge is 0.341 e. The molecule has 2 aromatic carbocycles. The third-order valence-electron chi connectivity index (χ3n) is 2.61. The van der Waals surface area contributed by atoms with E-state index in [1.165, 1.54) is 0 Å². The molecule has 0 bridgehead atoms. The maximum absolute atomic E-state index is 13.4. The summed E-state index contributed by atoms with van der Waals surface area (Å²) in [4.78, 5) is 23.2. The first kappa shape index (κ1) is 16.1. The van der Waals surface area contributed by atoms with Crippen molar-refractivity contribution in [2.24, 2.45) is 0 Å². The number of anilines is 1. The maximum atomic E-state index is 13.4. The second kappa shape index (κ2) is 7.13. The number of rotatable bonds is 4. The van der Waals surface area contributed by atoms with E-state index in [0.29, 0.717) is 11.8 Å². The molecular formula is C15H10BrF2NO3. The molecule has 0 aromatic heterocycles. The summed E-state index contributed by atoms with van der Waals surface area (Å²) in [6.45, 7) is -0.578. The SMILES string of the molecule is O=C(COC(=O)c1ccc(F)cc1F)Nc1ccc(Br)cc1. The third-order valence-corrected chi connectivity index (χ3v) is 3.14. The van der Waals surface area contributed by atoms with E-state index in [1.54, 1.807) is 24.3 Å². The van der Waals surface area contributed by atoms with Gasteiger partial charge in [0.2, 0.25) is 0 Å². The van der Waals surface area contributed by atoms with E-state index in [9.17, 15) is 18.4 Å². The summed E-state index contributed by atoms with van der Waals surface area (Å²) in [6, 6.07) is 9.23. The lowest BCUT2D eigenvalue weighted by molar-refractivity contribution is -0.119. The Kier molecular flexibility index (Phi) is 5.21. The molecule has 1 amide bonds. The summed E-state index contributed by atoms with van der Waals surface area (Å²) in [5, 5.41) is 2.51. The highest BCUT2D eigenvalue weighted by Crippen LogP contribution is 2.14. The fourth-order valence-electron chi connectivity index (χ4n) is 1.59. The van der Waals surface area contributed by atoms with Crippen LogP contribution in [0, 0.1) is 11.6 Å². The Morgan fingerprint density at radius 1 is 1.09 bits per heavy atom. The van der Waals surface area contributed by atoms with E-state index in [-0.39, 0.29) is 0 Å². The van der Waals surface area contributed by atoms with Crippen LogP contribution in [0.15, 0.2) is 46.9 Å². The van der Waals surface area contributed by atoms with Crippen molar-refractivity contribution in [3.05, 3.63) is 64.1 Å². The molecule has 0 aliphatic carbocycles. The van der Waals surface area contributed by atoms with Crippen LogP contribution in [-0.2, 0) is 9.53 Å². The van der Waals surface area contributed by atoms with Crippen molar-refractivity contribution in [2.45, 2.75) is 0 Å². The molecule has 0 heterocycles. The van der Waals surface area contributed by atoms with Crippen LogP contribution < -0.4 is 5.32 Å². The molecule has 0 saturated heterocycles. The number of halogens is 3. The number of esters is 1. The molecular weight excluding hydrogens is 360 g/mol. The van der Waals surface area contributed by atoms with E-state index >= 15 is 0 Å². The molecule has 2 rings (SSSR count). The van der Waals surface area contributed by atoms with Crippen LogP contribution in [-0.4, -0.2) is 18.5 Å². The van der Waals surface area contributed by atoms with Gasteiger partial charge in [0.05, 0.1) is 5.56 Å². The number of carbonyl (C=O) groups excluding carboxylic acids is 2. The lowest BCUT2D eigenvalue weighted by atomic mass is 10.2. The second-order valence-electron chi connectivity index (χ2n) is 4.26. The van der Waals surface area contributed by atoms with Crippen LogP contribution in [0.25, 0.3) is 0 Å². The summed E-state index contributed by atoms with van der Waals surface area (Å²) in [5.74, 6) is -3.46. The van der Waals surface area contributed by atoms with Gasteiger partial charge in [-0.25, -0.2) is 13.6 Å². The minimum Gasteiger partial charge on any atom is -0.452 e. The predicted octanol–water partition coefficient (Wildman–Crippen LogP) is 3.52. The highest BCUT2D eigenvalue weighted by Gasteiger charge is 2.15. The molecule has 1 N–H and O–H groups in total. The zero-order valence-electron chi connectivity index (χ0n) is 11.1. The largest absolute Gasteiger partial charge is 0.452 e. The number of hydrogen-bond acceptors (Lipinski definition) is 3. The molecule has 114 valence electrons. The average Bonchev–Trinajstić information content (AvgIpc) is 2.47. The predicted molar refractivity (Wildman–Crippen MR) is 79.4 cm³/mol. The fraction of sp³-hybridized carbons (Fsp3) is 0.0667. The summed E-state index contributed by atoms with van der Waals surface area (Å²) in [7, 11) is 0. The summed E-state index contributed by atoms with van der Waals surface area (Å²) in [5.41, 5.74) is 0.0926.